The summed E-state index contributed by atoms with van der Waals surface area (Å²) in [4.78, 5) is 3.95. The molecule has 2 aromatic heterocycles. The molecule has 4 nitrogen and oxygen atoms in total. The average Bonchev–Trinajstić information content (AvgIpc) is 2.58. The quantitative estimate of drug-likeness (QED) is 0.646. The lowest BCUT2D eigenvalue weighted by Gasteiger charge is -1.83. The van der Waals surface area contributed by atoms with Gasteiger partial charge < -0.3 is 8.94 Å². The van der Waals surface area contributed by atoms with E-state index in [1.165, 1.54) is 0 Å². The molecule has 4 heteroatoms. The van der Waals surface area contributed by atoms with Crippen molar-refractivity contribution < 1.29 is 8.94 Å². The summed E-state index contributed by atoms with van der Waals surface area (Å²) in [6.07, 6.45) is 1.62. The van der Waals surface area contributed by atoms with Gasteiger partial charge in [-0.2, -0.15) is 0 Å². The zero-order valence-electron chi connectivity index (χ0n) is 6.87. The maximum atomic E-state index is 5.24. The summed E-state index contributed by atoms with van der Waals surface area (Å²) >= 11 is 0. The van der Waals surface area contributed by atoms with Crippen molar-refractivity contribution in [3.63, 3.8) is 0 Å². The van der Waals surface area contributed by atoms with E-state index in [4.69, 9.17) is 8.94 Å². The molecule has 2 aromatic rings. The fraction of sp³-hybridized carbons (Fsp3) is 0.250. The molecule has 0 aliphatic rings. The molecule has 0 spiro atoms. The number of aromatic nitrogens is 2. The summed E-state index contributed by atoms with van der Waals surface area (Å²) in [5.41, 5.74) is 0.832. The molecule has 0 unspecified atom stereocenters. The van der Waals surface area contributed by atoms with Crippen LogP contribution < -0.4 is 0 Å². The Morgan fingerprint density at radius 3 is 2.58 bits per heavy atom. The van der Waals surface area contributed by atoms with Crippen LogP contribution in [0, 0.1) is 13.8 Å². The summed E-state index contributed by atoms with van der Waals surface area (Å²) in [5.74, 6) is 1.86. The van der Waals surface area contributed by atoms with Crippen molar-refractivity contribution in [3.05, 3.63) is 23.8 Å². The summed E-state index contributed by atoms with van der Waals surface area (Å²) in [6.45, 7) is 3.64. The van der Waals surface area contributed by atoms with E-state index in [0.29, 0.717) is 17.4 Å². The van der Waals surface area contributed by atoms with Gasteiger partial charge in [0.2, 0.25) is 5.76 Å². The first-order valence-corrected chi connectivity index (χ1v) is 3.62. The minimum absolute atomic E-state index is 0.619. The molecule has 2 rings (SSSR count). The standard InChI is InChI=1S/C8H8N2O2/c1-5-3-7(12-10-5)8-4-9-6(2)11-8/h3-4H,1-2H3. The van der Waals surface area contributed by atoms with Crippen molar-refractivity contribution in [2.45, 2.75) is 13.8 Å². The highest BCUT2D eigenvalue weighted by molar-refractivity contribution is 5.47. The van der Waals surface area contributed by atoms with Crippen LogP contribution in [0.25, 0.3) is 11.5 Å². The molecule has 0 aliphatic carbocycles. The van der Waals surface area contributed by atoms with Gasteiger partial charge in [-0.3, -0.25) is 0 Å². The van der Waals surface area contributed by atoms with Gasteiger partial charge in [0.25, 0.3) is 0 Å². The van der Waals surface area contributed by atoms with Crippen LogP contribution in [-0.2, 0) is 0 Å². The number of oxazole rings is 1. The van der Waals surface area contributed by atoms with Crippen LogP contribution in [0.3, 0.4) is 0 Å². The molecule has 0 radical (unpaired) electrons. The van der Waals surface area contributed by atoms with Gasteiger partial charge in [-0.1, -0.05) is 5.16 Å². The van der Waals surface area contributed by atoms with E-state index in [1.807, 2.05) is 6.92 Å². The molecule has 0 N–H and O–H groups in total. The lowest BCUT2D eigenvalue weighted by Crippen LogP contribution is -1.64. The fourth-order valence-corrected chi connectivity index (χ4v) is 0.955. The summed E-state index contributed by atoms with van der Waals surface area (Å²) in [6, 6.07) is 1.81. The van der Waals surface area contributed by atoms with Gasteiger partial charge >= 0.3 is 0 Å². The molecule has 0 saturated carbocycles. The molecule has 0 bridgehead atoms. The Kier molecular flexibility index (Phi) is 1.46. The van der Waals surface area contributed by atoms with E-state index in [0.717, 1.165) is 5.69 Å². The normalized spacial score (nSPS) is 10.5. The van der Waals surface area contributed by atoms with E-state index in [1.54, 1.807) is 19.2 Å². The predicted molar refractivity (Wildman–Crippen MR) is 41.5 cm³/mol. The Morgan fingerprint density at radius 2 is 2.08 bits per heavy atom. The number of rotatable bonds is 1. The zero-order valence-corrected chi connectivity index (χ0v) is 6.87. The molecule has 2 heterocycles. The van der Waals surface area contributed by atoms with E-state index in [-0.39, 0.29) is 0 Å². The van der Waals surface area contributed by atoms with Crippen LogP contribution in [0.15, 0.2) is 21.2 Å². The van der Waals surface area contributed by atoms with Crippen molar-refractivity contribution >= 4 is 0 Å². The van der Waals surface area contributed by atoms with Crippen LogP contribution in [0.5, 0.6) is 0 Å². The van der Waals surface area contributed by atoms with Gasteiger partial charge in [-0.15, -0.1) is 0 Å². The lowest BCUT2D eigenvalue weighted by atomic mass is 10.3. The second kappa shape index (κ2) is 2.48. The third kappa shape index (κ3) is 1.11. The first-order chi connectivity index (χ1) is 5.75. The molecule has 0 fully saturated rings. The molecule has 62 valence electrons. The maximum Gasteiger partial charge on any atom is 0.204 e. The third-order valence-electron chi connectivity index (χ3n) is 1.49. The molecular weight excluding hydrogens is 156 g/mol. The Labute approximate surface area is 69.2 Å². The van der Waals surface area contributed by atoms with Crippen molar-refractivity contribution in [2.75, 3.05) is 0 Å². The van der Waals surface area contributed by atoms with Crippen molar-refractivity contribution in [1.29, 1.82) is 0 Å². The summed E-state index contributed by atoms with van der Waals surface area (Å²) in [7, 11) is 0. The van der Waals surface area contributed by atoms with Gasteiger partial charge in [0.1, 0.15) is 0 Å². The zero-order chi connectivity index (χ0) is 8.55. The second-order valence-electron chi connectivity index (χ2n) is 2.58. The smallest absolute Gasteiger partial charge is 0.204 e. The van der Waals surface area contributed by atoms with E-state index < -0.39 is 0 Å². The Bertz CT molecular complexity index is 351. The Hall–Kier alpha value is -1.58. The van der Waals surface area contributed by atoms with Crippen molar-refractivity contribution in [2.24, 2.45) is 0 Å². The monoisotopic (exact) mass is 164 g/mol. The number of hydrogen-bond acceptors (Lipinski definition) is 4. The summed E-state index contributed by atoms with van der Waals surface area (Å²) in [5, 5.41) is 3.74. The SMILES string of the molecule is Cc1cc(-c2cnc(C)o2)on1. The largest absolute Gasteiger partial charge is 0.438 e. The van der Waals surface area contributed by atoms with Crippen molar-refractivity contribution in [1.82, 2.24) is 10.1 Å². The van der Waals surface area contributed by atoms with Crippen LogP contribution >= 0.6 is 0 Å². The highest BCUT2D eigenvalue weighted by Crippen LogP contribution is 2.20. The molecule has 0 saturated heterocycles. The molecule has 0 amide bonds. The highest BCUT2D eigenvalue weighted by Gasteiger charge is 2.08. The van der Waals surface area contributed by atoms with E-state index in [9.17, 15) is 0 Å². The molecule has 12 heavy (non-hydrogen) atoms. The van der Waals surface area contributed by atoms with Gasteiger partial charge in [-0.05, 0) is 6.92 Å². The van der Waals surface area contributed by atoms with Crippen LogP contribution in [0.2, 0.25) is 0 Å². The van der Waals surface area contributed by atoms with Crippen LogP contribution in [0.4, 0.5) is 0 Å². The first-order valence-electron chi connectivity index (χ1n) is 3.62. The number of nitrogens with zero attached hydrogens (tertiary/aromatic N) is 2. The van der Waals surface area contributed by atoms with Gasteiger partial charge in [0.15, 0.2) is 11.7 Å². The highest BCUT2D eigenvalue weighted by atomic mass is 16.5. The first kappa shape index (κ1) is 7.09. The molecule has 0 atom stereocenters. The molecular formula is C8H8N2O2. The minimum Gasteiger partial charge on any atom is -0.438 e. The van der Waals surface area contributed by atoms with Gasteiger partial charge in [-0.25, -0.2) is 4.98 Å². The lowest BCUT2D eigenvalue weighted by molar-refractivity contribution is 0.410. The minimum atomic E-state index is 0.619. The number of hydrogen-bond donors (Lipinski definition) is 0. The predicted octanol–water partition coefficient (Wildman–Crippen LogP) is 1.95. The van der Waals surface area contributed by atoms with E-state index >= 15 is 0 Å². The van der Waals surface area contributed by atoms with Crippen LogP contribution in [-0.4, -0.2) is 10.1 Å². The third-order valence-corrected chi connectivity index (χ3v) is 1.49. The topological polar surface area (TPSA) is 52.1 Å². The summed E-state index contributed by atoms with van der Waals surface area (Å²) < 4.78 is 10.2. The molecule has 0 aliphatic heterocycles. The maximum absolute atomic E-state index is 5.24. The van der Waals surface area contributed by atoms with Gasteiger partial charge in [0.05, 0.1) is 11.9 Å². The Balaban J connectivity index is 2.43. The Morgan fingerprint density at radius 1 is 1.25 bits per heavy atom. The molecule has 0 aromatic carbocycles. The van der Waals surface area contributed by atoms with Gasteiger partial charge in [0, 0.05) is 13.0 Å². The number of aryl methyl sites for hydroxylation is 2. The van der Waals surface area contributed by atoms with E-state index in [2.05, 4.69) is 10.1 Å². The van der Waals surface area contributed by atoms with Crippen LogP contribution in [0.1, 0.15) is 11.6 Å². The average molecular weight is 164 g/mol. The second-order valence-corrected chi connectivity index (χ2v) is 2.58. The van der Waals surface area contributed by atoms with Crippen molar-refractivity contribution in [3.8, 4) is 11.5 Å². The fourth-order valence-electron chi connectivity index (χ4n) is 0.955.